The summed E-state index contributed by atoms with van der Waals surface area (Å²) in [7, 11) is 0. The molecule has 0 heteroatoms. The van der Waals surface area contributed by atoms with Crippen LogP contribution in [0.1, 0.15) is 11.1 Å². The van der Waals surface area contributed by atoms with Gasteiger partial charge in [0.25, 0.3) is 0 Å². The summed E-state index contributed by atoms with van der Waals surface area (Å²) < 4.78 is 0. The van der Waals surface area contributed by atoms with Crippen molar-refractivity contribution < 1.29 is 0 Å². The number of benzene rings is 7. The molecule has 0 radical (unpaired) electrons. The zero-order valence-electron chi connectivity index (χ0n) is 21.6. The van der Waals surface area contributed by atoms with Gasteiger partial charge in [0.15, 0.2) is 0 Å². The van der Waals surface area contributed by atoms with E-state index in [1.165, 1.54) is 77.2 Å². The first kappa shape index (κ1) is 22.1. The molecule has 7 aromatic rings. The Bertz CT molecular complexity index is 1950. The van der Waals surface area contributed by atoms with E-state index in [9.17, 15) is 0 Å². The van der Waals surface area contributed by atoms with Gasteiger partial charge in [-0.3, -0.25) is 0 Å². The van der Waals surface area contributed by atoms with Crippen LogP contribution in [0.2, 0.25) is 0 Å². The SMILES string of the molecule is c1ccc(-c2c3ccccc3c(-c3ccc(-c4ccc5c(c4)Cc4ccccc4-5)cc3)c3ccccc23)cc1. The van der Waals surface area contributed by atoms with Crippen molar-refractivity contribution in [1.29, 1.82) is 0 Å². The molecular formula is C39H26. The second-order valence-electron chi connectivity index (χ2n) is 10.5. The summed E-state index contributed by atoms with van der Waals surface area (Å²) in [5.41, 5.74) is 13.3. The van der Waals surface area contributed by atoms with Crippen molar-refractivity contribution in [3.8, 4) is 44.5 Å². The van der Waals surface area contributed by atoms with Crippen molar-refractivity contribution >= 4 is 21.5 Å². The van der Waals surface area contributed by atoms with Crippen LogP contribution in [-0.2, 0) is 6.42 Å². The molecule has 0 nitrogen and oxygen atoms in total. The maximum absolute atomic E-state index is 2.38. The number of rotatable bonds is 3. The Morgan fingerprint density at radius 2 is 0.769 bits per heavy atom. The molecule has 0 spiro atoms. The van der Waals surface area contributed by atoms with Crippen LogP contribution >= 0.6 is 0 Å². The molecule has 0 bridgehead atoms. The standard InChI is InChI=1S/C39H26/c1-2-10-27(11-3-1)38-34-14-6-8-16-36(34)39(37-17-9-7-15-35(37)38)28-20-18-26(19-21-28)29-22-23-33-31(24-29)25-30-12-4-5-13-32(30)33/h1-24H,25H2. The summed E-state index contributed by atoms with van der Waals surface area (Å²) in [6.07, 6.45) is 1.02. The van der Waals surface area contributed by atoms with Gasteiger partial charge < -0.3 is 0 Å². The number of fused-ring (bicyclic) bond motifs is 5. The highest BCUT2D eigenvalue weighted by atomic mass is 14.2. The maximum Gasteiger partial charge on any atom is -0.00132 e. The Morgan fingerprint density at radius 1 is 0.308 bits per heavy atom. The number of hydrogen-bond acceptors (Lipinski definition) is 0. The van der Waals surface area contributed by atoms with Crippen molar-refractivity contribution in [2.45, 2.75) is 6.42 Å². The molecule has 0 heterocycles. The van der Waals surface area contributed by atoms with E-state index in [1.54, 1.807) is 0 Å². The van der Waals surface area contributed by atoms with Crippen LogP contribution in [0.15, 0.2) is 146 Å². The zero-order valence-corrected chi connectivity index (χ0v) is 21.6. The lowest BCUT2D eigenvalue weighted by molar-refractivity contribution is 1.26. The quantitative estimate of drug-likeness (QED) is 0.214. The van der Waals surface area contributed by atoms with E-state index < -0.39 is 0 Å². The molecule has 0 fully saturated rings. The first-order chi connectivity index (χ1) is 19.3. The molecule has 0 saturated heterocycles. The van der Waals surface area contributed by atoms with E-state index in [0.717, 1.165) is 6.42 Å². The van der Waals surface area contributed by atoms with Crippen molar-refractivity contribution in [3.05, 3.63) is 157 Å². The number of hydrogen-bond donors (Lipinski definition) is 0. The first-order valence-electron chi connectivity index (χ1n) is 13.7. The fourth-order valence-electron chi connectivity index (χ4n) is 6.51. The van der Waals surface area contributed by atoms with E-state index >= 15 is 0 Å². The molecule has 0 aliphatic heterocycles. The predicted molar refractivity (Wildman–Crippen MR) is 166 cm³/mol. The summed E-state index contributed by atoms with van der Waals surface area (Å²) in [6, 6.07) is 53.4. The third kappa shape index (κ3) is 3.53. The molecule has 0 unspecified atom stereocenters. The molecule has 0 saturated carbocycles. The van der Waals surface area contributed by atoms with Gasteiger partial charge in [-0.15, -0.1) is 0 Å². The van der Waals surface area contributed by atoms with E-state index in [0.29, 0.717) is 0 Å². The minimum absolute atomic E-state index is 1.02. The average Bonchev–Trinajstić information content (AvgIpc) is 3.38. The van der Waals surface area contributed by atoms with E-state index in [4.69, 9.17) is 0 Å². The van der Waals surface area contributed by atoms with Gasteiger partial charge in [0.05, 0.1) is 0 Å². The van der Waals surface area contributed by atoms with Gasteiger partial charge in [0, 0.05) is 0 Å². The fraction of sp³-hybridized carbons (Fsp3) is 0.0256. The van der Waals surface area contributed by atoms with E-state index in [2.05, 4.69) is 146 Å². The van der Waals surface area contributed by atoms with Gasteiger partial charge >= 0.3 is 0 Å². The largest absolute Gasteiger partial charge is 0.0622 e. The lowest BCUT2D eigenvalue weighted by atomic mass is 9.85. The van der Waals surface area contributed by atoms with Crippen LogP contribution < -0.4 is 0 Å². The molecule has 8 rings (SSSR count). The van der Waals surface area contributed by atoms with Crippen LogP contribution in [0.4, 0.5) is 0 Å². The summed E-state index contributed by atoms with van der Waals surface area (Å²) >= 11 is 0. The van der Waals surface area contributed by atoms with Crippen LogP contribution in [0, 0.1) is 0 Å². The molecule has 0 amide bonds. The monoisotopic (exact) mass is 494 g/mol. The Hall–Kier alpha value is -4.94. The minimum Gasteiger partial charge on any atom is -0.0622 e. The van der Waals surface area contributed by atoms with Gasteiger partial charge in [0.2, 0.25) is 0 Å². The van der Waals surface area contributed by atoms with Crippen molar-refractivity contribution in [1.82, 2.24) is 0 Å². The highest BCUT2D eigenvalue weighted by molar-refractivity contribution is 6.21. The average molecular weight is 495 g/mol. The molecule has 1 aliphatic carbocycles. The van der Waals surface area contributed by atoms with Gasteiger partial charge in [-0.1, -0.05) is 146 Å². The summed E-state index contributed by atoms with van der Waals surface area (Å²) in [5, 5.41) is 5.16. The molecule has 0 N–H and O–H groups in total. The van der Waals surface area contributed by atoms with Crippen LogP contribution in [-0.4, -0.2) is 0 Å². The summed E-state index contributed by atoms with van der Waals surface area (Å²) in [5.74, 6) is 0. The molecule has 39 heavy (non-hydrogen) atoms. The maximum atomic E-state index is 2.38. The van der Waals surface area contributed by atoms with Gasteiger partial charge in [-0.2, -0.15) is 0 Å². The van der Waals surface area contributed by atoms with Crippen LogP contribution in [0.25, 0.3) is 66.1 Å². The zero-order chi connectivity index (χ0) is 25.8. The lowest BCUT2D eigenvalue weighted by Crippen LogP contribution is -1.91. The molecule has 0 atom stereocenters. The topological polar surface area (TPSA) is 0 Å². The smallest absolute Gasteiger partial charge is 0.00132 e. The van der Waals surface area contributed by atoms with Gasteiger partial charge in [-0.05, 0) is 83.6 Å². The second kappa shape index (κ2) is 8.82. The van der Waals surface area contributed by atoms with Crippen molar-refractivity contribution in [3.63, 3.8) is 0 Å². The Kier molecular flexibility index (Phi) is 5.00. The Balaban J connectivity index is 1.27. The van der Waals surface area contributed by atoms with Gasteiger partial charge in [0.1, 0.15) is 0 Å². The third-order valence-electron chi connectivity index (χ3n) is 8.29. The minimum atomic E-state index is 1.02. The normalized spacial score (nSPS) is 12.0. The highest BCUT2D eigenvalue weighted by Crippen LogP contribution is 2.44. The molecule has 0 aromatic heterocycles. The van der Waals surface area contributed by atoms with Gasteiger partial charge in [-0.25, -0.2) is 0 Å². The van der Waals surface area contributed by atoms with Crippen LogP contribution in [0.5, 0.6) is 0 Å². The third-order valence-corrected chi connectivity index (χ3v) is 8.29. The Morgan fingerprint density at radius 3 is 1.41 bits per heavy atom. The molecular weight excluding hydrogens is 468 g/mol. The molecule has 1 aliphatic rings. The van der Waals surface area contributed by atoms with Crippen molar-refractivity contribution in [2.24, 2.45) is 0 Å². The molecule has 7 aromatic carbocycles. The predicted octanol–water partition coefficient (Wildman–Crippen LogP) is 10.6. The summed E-state index contributed by atoms with van der Waals surface area (Å²) in [6.45, 7) is 0. The van der Waals surface area contributed by atoms with E-state index in [-0.39, 0.29) is 0 Å². The lowest BCUT2D eigenvalue weighted by Gasteiger charge is -2.18. The van der Waals surface area contributed by atoms with E-state index in [1.807, 2.05) is 0 Å². The summed E-state index contributed by atoms with van der Waals surface area (Å²) in [4.78, 5) is 0. The van der Waals surface area contributed by atoms with Crippen molar-refractivity contribution in [2.75, 3.05) is 0 Å². The second-order valence-corrected chi connectivity index (χ2v) is 10.5. The van der Waals surface area contributed by atoms with Crippen LogP contribution in [0.3, 0.4) is 0 Å². The molecule has 182 valence electrons. The fourth-order valence-corrected chi connectivity index (χ4v) is 6.51. The highest BCUT2D eigenvalue weighted by Gasteiger charge is 2.19. The first-order valence-corrected chi connectivity index (χ1v) is 13.7. The Labute approximate surface area is 228 Å².